The van der Waals surface area contributed by atoms with E-state index in [1.54, 1.807) is 15.3 Å². The molecule has 1 heterocycles. The molecule has 1 saturated carbocycles. The summed E-state index contributed by atoms with van der Waals surface area (Å²) in [5, 5.41) is 3.90. The number of nitrogens with one attached hydrogen (secondary N) is 1. The van der Waals surface area contributed by atoms with E-state index < -0.39 is 0 Å². The molecule has 1 fully saturated rings. The SMILES string of the molecule is CC(NC1CCCC1(C)C)c1cc2c(s1)CCCC2. The molecule has 2 atom stereocenters. The highest BCUT2D eigenvalue weighted by Gasteiger charge is 2.35. The summed E-state index contributed by atoms with van der Waals surface area (Å²) < 4.78 is 0. The second-order valence-electron chi connectivity index (χ2n) is 7.13. The van der Waals surface area contributed by atoms with E-state index in [2.05, 4.69) is 43.5 Å². The second kappa shape index (κ2) is 5.21. The Bertz CT molecular complexity index is 423. The first-order valence-electron chi connectivity index (χ1n) is 7.94. The molecular formula is C17H27NS. The van der Waals surface area contributed by atoms with Crippen LogP contribution in [0.4, 0.5) is 0 Å². The highest BCUT2D eigenvalue weighted by Crippen LogP contribution is 2.39. The van der Waals surface area contributed by atoms with E-state index in [4.69, 9.17) is 0 Å². The van der Waals surface area contributed by atoms with Crippen LogP contribution in [0.3, 0.4) is 0 Å². The highest BCUT2D eigenvalue weighted by molar-refractivity contribution is 7.12. The third kappa shape index (κ3) is 2.75. The maximum atomic E-state index is 3.90. The smallest absolute Gasteiger partial charge is 0.0388 e. The summed E-state index contributed by atoms with van der Waals surface area (Å²) >= 11 is 2.06. The number of thiophene rings is 1. The Morgan fingerprint density at radius 2 is 2.05 bits per heavy atom. The molecule has 1 N–H and O–H groups in total. The minimum absolute atomic E-state index is 0.477. The maximum Gasteiger partial charge on any atom is 0.0388 e. The summed E-state index contributed by atoms with van der Waals surface area (Å²) in [5.74, 6) is 0. The number of aryl methyl sites for hydroxylation is 2. The minimum Gasteiger partial charge on any atom is -0.306 e. The van der Waals surface area contributed by atoms with Crippen molar-refractivity contribution in [3.8, 4) is 0 Å². The van der Waals surface area contributed by atoms with E-state index >= 15 is 0 Å². The molecule has 2 unspecified atom stereocenters. The van der Waals surface area contributed by atoms with Gasteiger partial charge in [-0.1, -0.05) is 20.3 Å². The third-order valence-corrected chi connectivity index (χ3v) is 6.57. The van der Waals surface area contributed by atoms with Gasteiger partial charge in [0.2, 0.25) is 0 Å². The second-order valence-corrected chi connectivity index (χ2v) is 8.29. The maximum absolute atomic E-state index is 3.90. The van der Waals surface area contributed by atoms with E-state index in [1.807, 2.05) is 0 Å². The van der Waals surface area contributed by atoms with Gasteiger partial charge in [0.05, 0.1) is 0 Å². The first-order valence-corrected chi connectivity index (χ1v) is 8.75. The molecule has 0 bridgehead atoms. The van der Waals surface area contributed by atoms with E-state index in [0.717, 1.165) is 0 Å². The van der Waals surface area contributed by atoms with E-state index in [0.29, 0.717) is 17.5 Å². The van der Waals surface area contributed by atoms with Gasteiger partial charge in [-0.2, -0.15) is 0 Å². The van der Waals surface area contributed by atoms with Crippen LogP contribution >= 0.6 is 11.3 Å². The molecule has 2 heteroatoms. The lowest BCUT2D eigenvalue weighted by molar-refractivity contribution is 0.267. The van der Waals surface area contributed by atoms with Crippen LogP contribution in [0.15, 0.2) is 6.07 Å². The number of rotatable bonds is 3. The van der Waals surface area contributed by atoms with Gasteiger partial charge in [0.15, 0.2) is 0 Å². The Morgan fingerprint density at radius 3 is 2.74 bits per heavy atom. The summed E-state index contributed by atoms with van der Waals surface area (Å²) in [6, 6.07) is 3.71. The molecule has 2 aliphatic carbocycles. The molecule has 0 aromatic carbocycles. The van der Waals surface area contributed by atoms with Gasteiger partial charge in [-0.3, -0.25) is 0 Å². The first-order chi connectivity index (χ1) is 9.06. The number of hydrogen-bond donors (Lipinski definition) is 1. The standard InChI is InChI=1S/C17H27NS/c1-12(18-16-9-6-10-17(16,2)3)15-11-13-7-4-5-8-14(13)19-15/h11-12,16,18H,4-10H2,1-3H3. The molecule has 0 saturated heterocycles. The van der Waals surface area contributed by atoms with Crippen molar-refractivity contribution in [1.29, 1.82) is 0 Å². The summed E-state index contributed by atoms with van der Waals surface area (Å²) in [6.07, 6.45) is 9.53. The molecule has 0 amide bonds. The molecule has 0 aliphatic heterocycles. The lowest BCUT2D eigenvalue weighted by Crippen LogP contribution is -2.38. The van der Waals surface area contributed by atoms with Gasteiger partial charge in [0, 0.05) is 21.8 Å². The zero-order chi connectivity index (χ0) is 13.5. The Morgan fingerprint density at radius 1 is 1.26 bits per heavy atom. The van der Waals surface area contributed by atoms with Crippen LogP contribution in [0.5, 0.6) is 0 Å². The molecular weight excluding hydrogens is 250 g/mol. The quantitative estimate of drug-likeness (QED) is 0.832. The molecule has 19 heavy (non-hydrogen) atoms. The van der Waals surface area contributed by atoms with E-state index in [9.17, 15) is 0 Å². The molecule has 3 rings (SSSR count). The Hall–Kier alpha value is -0.340. The van der Waals surface area contributed by atoms with Crippen molar-refractivity contribution in [3.63, 3.8) is 0 Å². The first kappa shape index (κ1) is 13.6. The normalized spacial score (nSPS) is 27.2. The van der Waals surface area contributed by atoms with Gasteiger partial charge in [0.1, 0.15) is 0 Å². The molecule has 2 aliphatic rings. The zero-order valence-corrected chi connectivity index (χ0v) is 13.4. The summed E-state index contributed by atoms with van der Waals surface area (Å²) in [4.78, 5) is 3.23. The summed E-state index contributed by atoms with van der Waals surface area (Å²) in [6.45, 7) is 7.19. The Labute approximate surface area is 121 Å². The van der Waals surface area contributed by atoms with Crippen molar-refractivity contribution >= 4 is 11.3 Å². The van der Waals surface area contributed by atoms with Crippen molar-refractivity contribution in [3.05, 3.63) is 21.4 Å². The van der Waals surface area contributed by atoms with Crippen LogP contribution in [0, 0.1) is 5.41 Å². The van der Waals surface area contributed by atoms with Gasteiger partial charge in [-0.25, -0.2) is 0 Å². The fourth-order valence-electron chi connectivity index (χ4n) is 3.75. The predicted octanol–water partition coefficient (Wildman–Crippen LogP) is 4.86. The van der Waals surface area contributed by atoms with Crippen LogP contribution in [0.25, 0.3) is 0 Å². The van der Waals surface area contributed by atoms with Crippen LogP contribution < -0.4 is 5.32 Å². The van der Waals surface area contributed by atoms with Gasteiger partial charge >= 0.3 is 0 Å². The van der Waals surface area contributed by atoms with Crippen molar-refractivity contribution in [2.45, 2.75) is 77.8 Å². The molecule has 0 spiro atoms. The topological polar surface area (TPSA) is 12.0 Å². The molecule has 1 aromatic rings. The van der Waals surface area contributed by atoms with Crippen LogP contribution in [-0.2, 0) is 12.8 Å². The van der Waals surface area contributed by atoms with Gasteiger partial charge < -0.3 is 5.32 Å². The van der Waals surface area contributed by atoms with Crippen molar-refractivity contribution in [2.24, 2.45) is 5.41 Å². The van der Waals surface area contributed by atoms with Crippen molar-refractivity contribution < 1.29 is 0 Å². The summed E-state index contributed by atoms with van der Waals surface area (Å²) in [5.41, 5.74) is 2.12. The number of fused-ring (bicyclic) bond motifs is 1. The molecule has 106 valence electrons. The highest BCUT2D eigenvalue weighted by atomic mass is 32.1. The summed E-state index contributed by atoms with van der Waals surface area (Å²) in [7, 11) is 0. The predicted molar refractivity (Wildman–Crippen MR) is 83.9 cm³/mol. The fourth-order valence-corrected chi connectivity index (χ4v) is 5.02. The lowest BCUT2D eigenvalue weighted by atomic mass is 9.87. The lowest BCUT2D eigenvalue weighted by Gasteiger charge is -2.30. The molecule has 1 aromatic heterocycles. The zero-order valence-electron chi connectivity index (χ0n) is 12.6. The molecule has 0 radical (unpaired) electrons. The average molecular weight is 277 g/mol. The van der Waals surface area contributed by atoms with E-state index in [1.165, 1.54) is 44.9 Å². The largest absolute Gasteiger partial charge is 0.306 e. The third-order valence-electron chi connectivity index (χ3n) is 5.15. The van der Waals surface area contributed by atoms with Crippen LogP contribution in [0.2, 0.25) is 0 Å². The number of hydrogen-bond acceptors (Lipinski definition) is 2. The van der Waals surface area contributed by atoms with Crippen molar-refractivity contribution in [2.75, 3.05) is 0 Å². The van der Waals surface area contributed by atoms with Gasteiger partial charge in [-0.05, 0) is 62.5 Å². The Kier molecular flexibility index (Phi) is 3.74. The van der Waals surface area contributed by atoms with E-state index in [-0.39, 0.29) is 0 Å². The fraction of sp³-hybridized carbons (Fsp3) is 0.765. The van der Waals surface area contributed by atoms with Crippen LogP contribution in [-0.4, -0.2) is 6.04 Å². The van der Waals surface area contributed by atoms with Gasteiger partial charge in [-0.15, -0.1) is 11.3 Å². The Balaban J connectivity index is 1.70. The van der Waals surface area contributed by atoms with Crippen molar-refractivity contribution in [1.82, 2.24) is 5.32 Å². The molecule has 1 nitrogen and oxygen atoms in total. The minimum atomic E-state index is 0.477. The van der Waals surface area contributed by atoms with Gasteiger partial charge in [0.25, 0.3) is 0 Å². The average Bonchev–Trinajstić information content (AvgIpc) is 2.93. The van der Waals surface area contributed by atoms with Crippen LogP contribution in [0.1, 0.15) is 74.2 Å². The monoisotopic (exact) mass is 277 g/mol.